The van der Waals surface area contributed by atoms with Crippen LogP contribution in [-0.2, 0) is 14.8 Å². The zero-order valence-corrected chi connectivity index (χ0v) is 32.9. The van der Waals surface area contributed by atoms with Crippen molar-refractivity contribution in [2.45, 2.75) is 102 Å². The minimum atomic E-state index is -3.34. The Hall–Kier alpha value is -3.84. The molecular formula is C47H58O4Si. The van der Waals surface area contributed by atoms with Crippen molar-refractivity contribution in [3.8, 4) is 0 Å². The van der Waals surface area contributed by atoms with E-state index in [4.69, 9.17) is 9.16 Å². The van der Waals surface area contributed by atoms with Crippen LogP contribution in [0.5, 0.6) is 0 Å². The lowest BCUT2D eigenvalue weighted by atomic mass is 9.79. The molecule has 0 fully saturated rings. The fourth-order valence-electron chi connectivity index (χ4n) is 7.76. The first-order valence-electron chi connectivity index (χ1n) is 19.0. The van der Waals surface area contributed by atoms with E-state index in [0.29, 0.717) is 0 Å². The van der Waals surface area contributed by atoms with Gasteiger partial charge in [0.2, 0.25) is 0 Å². The Morgan fingerprint density at radius 2 is 0.962 bits per heavy atom. The molecule has 0 radical (unpaired) electrons. The fourth-order valence-corrected chi connectivity index (χ4v) is 12.4. The van der Waals surface area contributed by atoms with Crippen molar-refractivity contribution < 1.29 is 19.4 Å². The van der Waals surface area contributed by atoms with Crippen LogP contribution >= 0.6 is 0 Å². The van der Waals surface area contributed by atoms with Crippen LogP contribution in [0.2, 0.25) is 5.04 Å². The number of ether oxygens (including phenoxy) is 1. The molecule has 0 aliphatic rings. The van der Waals surface area contributed by atoms with Crippen molar-refractivity contribution in [3.63, 3.8) is 0 Å². The van der Waals surface area contributed by atoms with E-state index < -0.39 is 37.0 Å². The Morgan fingerprint density at radius 1 is 0.577 bits per heavy atom. The number of aliphatic hydroxyl groups is 2. The summed E-state index contributed by atoms with van der Waals surface area (Å²) in [4.78, 5) is 0. The van der Waals surface area contributed by atoms with Gasteiger partial charge >= 0.3 is 0 Å². The van der Waals surface area contributed by atoms with Crippen molar-refractivity contribution in [1.82, 2.24) is 0 Å². The molecule has 0 heterocycles. The van der Waals surface area contributed by atoms with E-state index in [1.807, 2.05) is 73.7 Å². The first kappa shape index (κ1) is 39.4. The van der Waals surface area contributed by atoms with E-state index in [-0.39, 0.29) is 5.92 Å². The maximum atomic E-state index is 13.1. The molecule has 0 saturated heterocycles. The summed E-state index contributed by atoms with van der Waals surface area (Å²) in [7, 11) is -3.34. The molecule has 0 bridgehead atoms. The SMILES string of the molecule is CCCCCCC(C)C(O)C(C)(O)C(OC(c1ccccc1)(c1ccccc1)c1ccccc1)O[Si](c1ccccc1)(c1ccccc1)C(C)(C)C. The largest absolute Gasteiger partial charge is 0.390 e. The van der Waals surface area contributed by atoms with Crippen LogP contribution in [0.1, 0.15) is 90.3 Å². The molecule has 0 spiro atoms. The molecule has 0 amide bonds. The first-order chi connectivity index (χ1) is 25.0. The maximum Gasteiger partial charge on any atom is 0.264 e. The molecule has 4 nitrogen and oxygen atoms in total. The number of hydrogen-bond acceptors (Lipinski definition) is 4. The highest BCUT2D eigenvalue weighted by molar-refractivity contribution is 6.99. The zero-order chi connectivity index (χ0) is 37.2. The predicted molar refractivity (Wildman–Crippen MR) is 217 cm³/mol. The number of unbranched alkanes of at least 4 members (excludes halogenated alkanes) is 3. The van der Waals surface area contributed by atoms with Gasteiger partial charge in [0.1, 0.15) is 11.2 Å². The summed E-state index contributed by atoms with van der Waals surface area (Å²) in [6.07, 6.45) is 2.71. The van der Waals surface area contributed by atoms with Gasteiger partial charge in [-0.2, -0.15) is 0 Å². The number of rotatable bonds is 17. The average molecular weight is 715 g/mol. The topological polar surface area (TPSA) is 58.9 Å². The molecule has 5 aromatic rings. The summed E-state index contributed by atoms with van der Waals surface area (Å²) in [6, 6.07) is 51.4. The van der Waals surface area contributed by atoms with Gasteiger partial charge in [0.05, 0.1) is 6.10 Å². The molecule has 0 aliphatic heterocycles. The third-order valence-corrected chi connectivity index (χ3v) is 15.6. The lowest BCUT2D eigenvalue weighted by Gasteiger charge is -2.51. The van der Waals surface area contributed by atoms with Crippen LogP contribution in [0.25, 0.3) is 0 Å². The first-order valence-corrected chi connectivity index (χ1v) is 20.9. The average Bonchev–Trinajstić information content (AvgIpc) is 3.17. The molecule has 4 atom stereocenters. The Kier molecular flexibility index (Phi) is 13.1. The highest BCUT2D eigenvalue weighted by Crippen LogP contribution is 2.46. The molecule has 5 heteroatoms. The van der Waals surface area contributed by atoms with E-state index in [1.165, 1.54) is 0 Å². The summed E-state index contributed by atoms with van der Waals surface area (Å²) >= 11 is 0. The lowest BCUT2D eigenvalue weighted by molar-refractivity contribution is -0.264. The van der Waals surface area contributed by atoms with E-state index in [2.05, 4.69) is 113 Å². The Bertz CT molecular complexity index is 1620. The monoisotopic (exact) mass is 714 g/mol. The van der Waals surface area contributed by atoms with Gasteiger partial charge in [0, 0.05) is 0 Å². The molecular weight excluding hydrogens is 657 g/mol. The molecule has 4 unspecified atom stereocenters. The summed E-state index contributed by atoms with van der Waals surface area (Å²) < 4.78 is 15.5. The van der Waals surface area contributed by atoms with Crippen molar-refractivity contribution in [2.75, 3.05) is 0 Å². The standard InChI is InChI=1S/C47H58O4Si/c1-7-8-9-15-26-37(2)43(48)46(6,49)44(51-52(45(3,4)5,41-33-22-13-23-34-41)42-35-24-14-25-36-42)50-47(38-27-16-10-17-28-38,39-29-18-11-19-30-39)40-31-20-12-21-32-40/h10-14,16-25,27-37,43-44,48-49H,7-9,15,26H2,1-6H3. The number of aliphatic hydroxyl groups excluding tert-OH is 1. The molecule has 5 rings (SSSR count). The fraction of sp³-hybridized carbons (Fsp3) is 0.362. The summed E-state index contributed by atoms with van der Waals surface area (Å²) in [5, 5.41) is 27.1. The van der Waals surface area contributed by atoms with Gasteiger partial charge in [-0.05, 0) is 51.4 Å². The highest BCUT2D eigenvalue weighted by atomic mass is 28.4. The zero-order valence-electron chi connectivity index (χ0n) is 31.9. The van der Waals surface area contributed by atoms with Crippen molar-refractivity contribution in [3.05, 3.63) is 168 Å². The maximum absolute atomic E-state index is 13.1. The van der Waals surface area contributed by atoms with Crippen LogP contribution in [-0.4, -0.2) is 36.5 Å². The minimum absolute atomic E-state index is 0.208. The van der Waals surface area contributed by atoms with E-state index >= 15 is 0 Å². The van der Waals surface area contributed by atoms with Crippen LogP contribution in [0.3, 0.4) is 0 Å². The van der Waals surface area contributed by atoms with Gasteiger partial charge in [-0.25, -0.2) is 0 Å². The van der Waals surface area contributed by atoms with Gasteiger partial charge in [-0.1, -0.05) is 212 Å². The number of hydrogen-bond donors (Lipinski definition) is 2. The van der Waals surface area contributed by atoms with E-state index in [0.717, 1.165) is 59.2 Å². The van der Waals surface area contributed by atoms with Crippen molar-refractivity contribution >= 4 is 18.7 Å². The molecule has 274 valence electrons. The number of benzene rings is 5. The molecule has 0 aromatic heterocycles. The Balaban J connectivity index is 1.80. The van der Waals surface area contributed by atoms with Crippen LogP contribution in [0.15, 0.2) is 152 Å². The molecule has 0 aliphatic carbocycles. The second kappa shape index (κ2) is 17.3. The van der Waals surface area contributed by atoms with Crippen LogP contribution < -0.4 is 10.4 Å². The highest BCUT2D eigenvalue weighted by Gasteiger charge is 2.57. The van der Waals surface area contributed by atoms with Gasteiger partial charge in [0.15, 0.2) is 6.29 Å². The van der Waals surface area contributed by atoms with Crippen LogP contribution in [0, 0.1) is 5.92 Å². The molecule has 52 heavy (non-hydrogen) atoms. The Labute approximate surface area is 313 Å². The summed E-state index contributed by atoms with van der Waals surface area (Å²) in [5.74, 6) is -0.208. The third-order valence-electron chi connectivity index (χ3n) is 10.7. The normalized spacial score (nSPS) is 15.4. The quantitative estimate of drug-likeness (QED) is 0.0436. The van der Waals surface area contributed by atoms with Crippen molar-refractivity contribution in [1.29, 1.82) is 0 Å². The predicted octanol–water partition coefficient (Wildman–Crippen LogP) is 9.62. The van der Waals surface area contributed by atoms with Gasteiger partial charge < -0.3 is 19.4 Å². The molecule has 0 saturated carbocycles. The summed E-state index contributed by atoms with van der Waals surface area (Å²) in [6.45, 7) is 12.6. The lowest BCUT2D eigenvalue weighted by Crippen LogP contribution is -2.71. The van der Waals surface area contributed by atoms with Crippen molar-refractivity contribution in [2.24, 2.45) is 5.92 Å². The van der Waals surface area contributed by atoms with Gasteiger partial charge in [-0.3, -0.25) is 0 Å². The van der Waals surface area contributed by atoms with Gasteiger partial charge in [0.25, 0.3) is 8.32 Å². The van der Waals surface area contributed by atoms with E-state index in [1.54, 1.807) is 6.92 Å². The molecule has 5 aromatic carbocycles. The Morgan fingerprint density at radius 3 is 1.33 bits per heavy atom. The summed E-state index contributed by atoms with van der Waals surface area (Å²) in [5.41, 5.74) is -0.376. The third kappa shape index (κ3) is 8.20. The molecule has 2 N–H and O–H groups in total. The second-order valence-corrected chi connectivity index (χ2v) is 19.8. The van der Waals surface area contributed by atoms with Gasteiger partial charge in [-0.15, -0.1) is 0 Å². The minimum Gasteiger partial charge on any atom is -0.390 e. The van der Waals surface area contributed by atoms with Crippen LogP contribution in [0.4, 0.5) is 0 Å². The second-order valence-electron chi connectivity index (χ2n) is 15.5. The smallest absolute Gasteiger partial charge is 0.264 e. The van der Waals surface area contributed by atoms with E-state index in [9.17, 15) is 10.2 Å².